The standard InChI is InChI=1S/C16H8F6O6S/c17-15(18,19)13(23)27-9-1-5-11(6-2-9)29(25,26)12-7-3-10(4-8-12)28-14(24)16(20,21)22/h1-8H. The lowest BCUT2D eigenvalue weighted by atomic mass is 10.3. The number of esters is 2. The lowest BCUT2D eigenvalue weighted by molar-refractivity contribution is -0.189. The SMILES string of the molecule is O=C(Oc1ccc(S(=O)(=O)c2ccc(OC(=O)C(F)(F)F)cc2)cc1)C(F)(F)F. The monoisotopic (exact) mass is 442 g/mol. The first kappa shape index (κ1) is 22.2. The maximum Gasteiger partial charge on any atom is 0.491 e. The van der Waals surface area contributed by atoms with E-state index in [1.54, 1.807) is 0 Å². The number of carbonyl (C=O) groups is 2. The molecule has 0 bridgehead atoms. The van der Waals surface area contributed by atoms with E-state index < -0.39 is 55.4 Å². The van der Waals surface area contributed by atoms with Gasteiger partial charge < -0.3 is 9.47 Å². The Kier molecular flexibility index (Phi) is 5.92. The van der Waals surface area contributed by atoms with Gasteiger partial charge >= 0.3 is 24.3 Å². The third kappa shape index (κ3) is 5.47. The van der Waals surface area contributed by atoms with Gasteiger partial charge in [-0.2, -0.15) is 26.3 Å². The van der Waals surface area contributed by atoms with Gasteiger partial charge in [-0.05, 0) is 48.5 Å². The summed E-state index contributed by atoms with van der Waals surface area (Å²) in [5.74, 6) is -6.09. The zero-order valence-electron chi connectivity index (χ0n) is 13.7. The van der Waals surface area contributed by atoms with E-state index in [0.717, 1.165) is 48.5 Å². The molecule has 0 amide bonds. The first-order valence-electron chi connectivity index (χ1n) is 7.24. The van der Waals surface area contributed by atoms with Gasteiger partial charge in [-0.3, -0.25) is 0 Å². The topological polar surface area (TPSA) is 86.7 Å². The van der Waals surface area contributed by atoms with Gasteiger partial charge in [-0.25, -0.2) is 18.0 Å². The van der Waals surface area contributed by atoms with Gasteiger partial charge in [0, 0.05) is 0 Å². The van der Waals surface area contributed by atoms with E-state index in [1.807, 2.05) is 0 Å². The molecular weight excluding hydrogens is 434 g/mol. The molecule has 0 aliphatic rings. The number of halogens is 6. The molecule has 0 aliphatic heterocycles. The van der Waals surface area contributed by atoms with Gasteiger partial charge in [-0.15, -0.1) is 0 Å². The van der Waals surface area contributed by atoms with Crippen molar-refractivity contribution in [1.29, 1.82) is 0 Å². The van der Waals surface area contributed by atoms with Crippen molar-refractivity contribution in [3.05, 3.63) is 48.5 Å². The molecule has 0 aliphatic carbocycles. The predicted molar refractivity (Wildman–Crippen MR) is 81.7 cm³/mol. The summed E-state index contributed by atoms with van der Waals surface area (Å²) in [4.78, 5) is 20.7. The van der Waals surface area contributed by atoms with E-state index in [9.17, 15) is 44.3 Å². The molecule has 156 valence electrons. The van der Waals surface area contributed by atoms with Crippen LogP contribution in [0.25, 0.3) is 0 Å². The molecule has 2 aromatic rings. The van der Waals surface area contributed by atoms with Crippen LogP contribution in [0.4, 0.5) is 26.3 Å². The molecule has 0 saturated heterocycles. The smallest absolute Gasteiger partial charge is 0.420 e. The lowest BCUT2D eigenvalue weighted by Crippen LogP contribution is -2.28. The van der Waals surface area contributed by atoms with Gasteiger partial charge in [0.15, 0.2) is 0 Å². The van der Waals surface area contributed by atoms with Crippen molar-refractivity contribution in [2.75, 3.05) is 0 Å². The molecule has 2 rings (SSSR count). The molecule has 6 nitrogen and oxygen atoms in total. The number of alkyl halides is 6. The second-order valence-corrected chi connectivity index (χ2v) is 7.17. The van der Waals surface area contributed by atoms with Gasteiger partial charge in [0.25, 0.3) is 0 Å². The second kappa shape index (κ2) is 7.73. The van der Waals surface area contributed by atoms with Gasteiger partial charge in [0.05, 0.1) is 9.79 Å². The highest BCUT2D eigenvalue weighted by atomic mass is 32.2. The van der Waals surface area contributed by atoms with Gasteiger partial charge in [0.1, 0.15) is 11.5 Å². The second-order valence-electron chi connectivity index (χ2n) is 5.22. The molecule has 29 heavy (non-hydrogen) atoms. The van der Waals surface area contributed by atoms with Crippen molar-refractivity contribution in [3.8, 4) is 11.5 Å². The van der Waals surface area contributed by atoms with Crippen LogP contribution in [0.3, 0.4) is 0 Å². The fraction of sp³-hybridized carbons (Fsp3) is 0.125. The Morgan fingerprint density at radius 1 is 0.621 bits per heavy atom. The van der Waals surface area contributed by atoms with Crippen molar-refractivity contribution in [3.63, 3.8) is 0 Å². The minimum absolute atomic E-state index is 0.399. The Hall–Kier alpha value is -3.09. The highest BCUT2D eigenvalue weighted by molar-refractivity contribution is 7.91. The Morgan fingerprint density at radius 3 is 1.14 bits per heavy atom. The number of sulfone groups is 1. The van der Waals surface area contributed by atoms with Crippen molar-refractivity contribution >= 4 is 21.8 Å². The van der Waals surface area contributed by atoms with Crippen LogP contribution < -0.4 is 9.47 Å². The molecule has 0 heterocycles. The molecule has 0 unspecified atom stereocenters. The van der Waals surface area contributed by atoms with E-state index in [1.165, 1.54) is 0 Å². The molecule has 13 heteroatoms. The first-order chi connectivity index (χ1) is 13.2. The summed E-state index contributed by atoms with van der Waals surface area (Å²) >= 11 is 0. The molecule has 0 aromatic heterocycles. The normalized spacial score (nSPS) is 12.3. The van der Waals surface area contributed by atoms with Crippen molar-refractivity contribution < 1.29 is 53.8 Å². The minimum atomic E-state index is -5.23. The average Bonchev–Trinajstić information content (AvgIpc) is 2.61. The van der Waals surface area contributed by atoms with Crippen molar-refractivity contribution in [2.24, 2.45) is 0 Å². The Bertz CT molecular complexity index is 930. The minimum Gasteiger partial charge on any atom is -0.420 e. The first-order valence-corrected chi connectivity index (χ1v) is 8.73. The molecule has 0 N–H and O–H groups in total. The van der Waals surface area contributed by atoms with Crippen molar-refractivity contribution in [1.82, 2.24) is 0 Å². The van der Waals surface area contributed by atoms with E-state index >= 15 is 0 Å². The molecule has 0 saturated carbocycles. The van der Waals surface area contributed by atoms with E-state index in [-0.39, 0.29) is 0 Å². The van der Waals surface area contributed by atoms with Crippen LogP contribution in [0.1, 0.15) is 0 Å². The maximum absolute atomic E-state index is 12.4. The molecule has 0 radical (unpaired) electrons. The number of benzene rings is 2. The largest absolute Gasteiger partial charge is 0.491 e. The zero-order valence-corrected chi connectivity index (χ0v) is 14.6. The third-order valence-corrected chi connectivity index (χ3v) is 4.94. The Labute approximate surface area is 158 Å². The number of hydrogen-bond donors (Lipinski definition) is 0. The number of rotatable bonds is 4. The van der Waals surface area contributed by atoms with Crippen LogP contribution in [-0.2, 0) is 19.4 Å². The molecule has 0 spiro atoms. The highest BCUT2D eigenvalue weighted by Crippen LogP contribution is 2.27. The molecule has 2 aromatic carbocycles. The summed E-state index contributed by atoms with van der Waals surface area (Å²) in [6.07, 6.45) is -10.5. The van der Waals surface area contributed by atoms with Gasteiger partial charge in [0.2, 0.25) is 9.84 Å². The van der Waals surface area contributed by atoms with Gasteiger partial charge in [-0.1, -0.05) is 0 Å². The Balaban J connectivity index is 2.18. The van der Waals surface area contributed by atoms with Crippen LogP contribution >= 0.6 is 0 Å². The van der Waals surface area contributed by atoms with E-state index in [0.29, 0.717) is 0 Å². The van der Waals surface area contributed by atoms with Crippen LogP contribution in [-0.4, -0.2) is 32.7 Å². The predicted octanol–water partition coefficient (Wildman–Crippen LogP) is 3.45. The number of carbonyl (C=O) groups excluding carboxylic acids is 2. The number of ether oxygens (including phenoxy) is 2. The summed E-state index contributed by atoms with van der Waals surface area (Å²) in [5, 5.41) is 0. The fourth-order valence-electron chi connectivity index (χ4n) is 1.84. The number of hydrogen-bond acceptors (Lipinski definition) is 6. The molecule has 0 fully saturated rings. The van der Waals surface area contributed by atoms with Crippen LogP contribution in [0, 0.1) is 0 Å². The summed E-state index contributed by atoms with van der Waals surface area (Å²) in [7, 11) is -4.21. The van der Waals surface area contributed by atoms with Crippen LogP contribution in [0.15, 0.2) is 58.3 Å². The molecular formula is C16H8F6O6S. The highest BCUT2D eigenvalue weighted by Gasteiger charge is 2.42. The summed E-state index contributed by atoms with van der Waals surface area (Å²) in [6.45, 7) is 0. The maximum atomic E-state index is 12.4. The van der Waals surface area contributed by atoms with Crippen molar-refractivity contribution in [2.45, 2.75) is 22.1 Å². The van der Waals surface area contributed by atoms with E-state index in [2.05, 4.69) is 9.47 Å². The average molecular weight is 442 g/mol. The Morgan fingerprint density at radius 2 is 0.897 bits per heavy atom. The van der Waals surface area contributed by atoms with E-state index in [4.69, 9.17) is 0 Å². The summed E-state index contributed by atoms with van der Waals surface area (Å²) in [6, 6.07) is 6.73. The lowest BCUT2D eigenvalue weighted by Gasteiger charge is -2.09. The molecule has 0 atom stereocenters. The van der Waals surface area contributed by atoms with Crippen LogP contribution in [0.5, 0.6) is 11.5 Å². The summed E-state index contributed by atoms with van der Waals surface area (Å²) < 4.78 is 106. The quantitative estimate of drug-likeness (QED) is 0.410. The third-order valence-electron chi connectivity index (χ3n) is 3.15. The van der Waals surface area contributed by atoms with Crippen LogP contribution in [0.2, 0.25) is 0 Å². The summed E-state index contributed by atoms with van der Waals surface area (Å²) in [5.41, 5.74) is 0. The fourth-order valence-corrected chi connectivity index (χ4v) is 3.10. The zero-order chi connectivity index (χ0) is 22.0.